The molecule has 3 aromatic rings. The number of rotatable bonds is 6. The zero-order valence-electron chi connectivity index (χ0n) is 19.3. The van der Waals surface area contributed by atoms with Crippen molar-refractivity contribution in [3.63, 3.8) is 0 Å². The van der Waals surface area contributed by atoms with E-state index in [-0.39, 0.29) is 35.7 Å². The van der Waals surface area contributed by atoms with Crippen LogP contribution in [0.25, 0.3) is 11.1 Å². The molecule has 184 valence electrons. The number of nitrogens with zero attached hydrogens (tertiary/aromatic N) is 2. The van der Waals surface area contributed by atoms with Gasteiger partial charge in [0.2, 0.25) is 5.71 Å². The number of oxime groups is 1. The molecule has 0 atom stereocenters. The van der Waals surface area contributed by atoms with Crippen LogP contribution in [0.2, 0.25) is 0 Å². The Kier molecular flexibility index (Phi) is 7.23. The number of H-pyrrole nitrogens is 1. The minimum Gasteiger partial charge on any atom is -0.447 e. The fourth-order valence-electron chi connectivity index (χ4n) is 3.89. The van der Waals surface area contributed by atoms with Gasteiger partial charge in [0.15, 0.2) is 0 Å². The Hall–Kier alpha value is -4.02. The molecule has 1 amide bonds. The van der Waals surface area contributed by atoms with Crippen LogP contribution >= 0.6 is 0 Å². The van der Waals surface area contributed by atoms with Crippen molar-refractivity contribution in [1.29, 1.82) is 0 Å². The van der Waals surface area contributed by atoms with Crippen molar-refractivity contribution in [2.45, 2.75) is 58.1 Å². The monoisotopic (exact) mass is 484 g/mol. The second kappa shape index (κ2) is 10.5. The van der Waals surface area contributed by atoms with Gasteiger partial charge in [0, 0.05) is 12.1 Å². The number of amides is 1. The Morgan fingerprint density at radius 3 is 2.77 bits per heavy atom. The van der Waals surface area contributed by atoms with Gasteiger partial charge in [-0.05, 0) is 69.2 Å². The van der Waals surface area contributed by atoms with Crippen molar-refractivity contribution in [1.82, 2.24) is 15.3 Å². The van der Waals surface area contributed by atoms with Crippen LogP contribution in [0.3, 0.4) is 0 Å². The summed E-state index contributed by atoms with van der Waals surface area (Å²) in [5, 5.41) is 6.97. The van der Waals surface area contributed by atoms with Gasteiger partial charge in [0.05, 0.1) is 11.8 Å². The quantitative estimate of drug-likeness (QED) is 0.512. The zero-order valence-corrected chi connectivity index (χ0v) is 19.3. The highest BCUT2D eigenvalue weighted by atomic mass is 19.1. The smallest absolute Gasteiger partial charge is 0.407 e. The summed E-state index contributed by atoms with van der Waals surface area (Å²) in [4.78, 5) is 48.4. The van der Waals surface area contributed by atoms with Crippen molar-refractivity contribution in [3.05, 3.63) is 68.0 Å². The molecular weight excluding hydrogens is 459 g/mol. The highest BCUT2D eigenvalue weighted by Crippen LogP contribution is 2.19. The van der Waals surface area contributed by atoms with Gasteiger partial charge >= 0.3 is 17.7 Å². The first-order valence-corrected chi connectivity index (χ1v) is 11.3. The number of aromatic nitrogens is 2. The molecule has 2 N–H and O–H groups in total. The Balaban J connectivity index is 1.46. The van der Waals surface area contributed by atoms with Gasteiger partial charge < -0.3 is 19.3 Å². The number of ether oxygens (including phenoxy) is 1. The first kappa shape index (κ1) is 24.1. The van der Waals surface area contributed by atoms with Gasteiger partial charge in [0.1, 0.15) is 11.2 Å². The number of carbonyl (C=O) groups is 1. The molecule has 1 aliphatic carbocycles. The fraction of sp³-hybridized carbons (Fsp3) is 0.375. The Labute approximate surface area is 199 Å². The van der Waals surface area contributed by atoms with E-state index in [1.165, 1.54) is 18.2 Å². The molecule has 2 aromatic heterocycles. The maximum atomic E-state index is 13.5. The topological polar surface area (TPSA) is 136 Å². The zero-order chi connectivity index (χ0) is 24.9. The van der Waals surface area contributed by atoms with Crippen LogP contribution in [0.4, 0.5) is 9.18 Å². The van der Waals surface area contributed by atoms with E-state index in [0.717, 1.165) is 5.71 Å². The number of carbonyl (C=O) groups excluding carboxylic acids is 1. The van der Waals surface area contributed by atoms with E-state index in [0.29, 0.717) is 36.8 Å². The molecule has 1 aliphatic rings. The summed E-state index contributed by atoms with van der Waals surface area (Å²) in [6.45, 7) is 3.56. The maximum Gasteiger partial charge on any atom is 0.407 e. The van der Waals surface area contributed by atoms with Crippen molar-refractivity contribution in [2.75, 3.05) is 0 Å². The third kappa shape index (κ3) is 6.31. The molecule has 1 fully saturated rings. The molecule has 0 radical (unpaired) electrons. The largest absolute Gasteiger partial charge is 0.447 e. The van der Waals surface area contributed by atoms with E-state index in [1.54, 1.807) is 26.0 Å². The van der Waals surface area contributed by atoms with E-state index in [4.69, 9.17) is 14.0 Å². The molecular formula is C24H25FN4O6. The summed E-state index contributed by atoms with van der Waals surface area (Å²) in [5.74, 6) is -0.420. The van der Waals surface area contributed by atoms with Gasteiger partial charge in [0.25, 0.3) is 5.56 Å². The minimum atomic E-state index is -0.693. The maximum absolute atomic E-state index is 13.5. The number of nitrogens with one attached hydrogen (secondary N) is 2. The van der Waals surface area contributed by atoms with Crippen molar-refractivity contribution in [3.8, 4) is 6.01 Å². The minimum absolute atomic E-state index is 0.0235. The summed E-state index contributed by atoms with van der Waals surface area (Å²) in [6.07, 6.45) is 1.99. The molecule has 2 heterocycles. The molecule has 11 heteroatoms. The molecule has 4 rings (SSSR count). The molecule has 35 heavy (non-hydrogen) atoms. The number of aromatic amines is 1. The lowest BCUT2D eigenvalue weighted by Crippen LogP contribution is -2.39. The molecule has 0 saturated heterocycles. The fourth-order valence-corrected chi connectivity index (χ4v) is 3.89. The van der Waals surface area contributed by atoms with Crippen molar-refractivity contribution < 1.29 is 23.2 Å². The predicted octanol–water partition coefficient (Wildman–Crippen LogP) is 3.42. The number of hydrogen-bond donors (Lipinski definition) is 2. The third-order valence-corrected chi connectivity index (χ3v) is 5.45. The molecule has 10 nitrogen and oxygen atoms in total. The van der Waals surface area contributed by atoms with Crippen molar-refractivity contribution in [2.24, 2.45) is 5.16 Å². The van der Waals surface area contributed by atoms with Crippen LogP contribution in [-0.4, -0.2) is 33.9 Å². The number of hydrogen-bond acceptors (Lipinski definition) is 8. The van der Waals surface area contributed by atoms with Crippen molar-refractivity contribution >= 4 is 22.9 Å². The molecule has 0 unspecified atom stereocenters. The highest BCUT2D eigenvalue weighted by Gasteiger charge is 2.21. The van der Waals surface area contributed by atoms with Crippen LogP contribution in [-0.2, 0) is 11.2 Å². The van der Waals surface area contributed by atoms with E-state index >= 15 is 0 Å². The van der Waals surface area contributed by atoms with Crippen LogP contribution in [0, 0.1) is 5.82 Å². The first-order valence-electron chi connectivity index (χ1n) is 11.3. The Bertz CT molecular complexity index is 1370. The Morgan fingerprint density at radius 1 is 1.29 bits per heavy atom. The number of halogens is 1. The average molecular weight is 484 g/mol. The van der Waals surface area contributed by atoms with Crippen LogP contribution in [0.15, 0.2) is 49.5 Å². The lowest BCUT2D eigenvalue weighted by Gasteiger charge is -2.23. The van der Waals surface area contributed by atoms with Crippen LogP contribution < -0.4 is 21.3 Å². The summed E-state index contributed by atoms with van der Waals surface area (Å²) >= 11 is 0. The average Bonchev–Trinajstić information content (AvgIpc) is 2.77. The van der Waals surface area contributed by atoms with E-state index in [2.05, 4.69) is 20.4 Å². The predicted molar refractivity (Wildman–Crippen MR) is 125 cm³/mol. The molecule has 0 spiro atoms. The van der Waals surface area contributed by atoms with E-state index in [9.17, 15) is 18.8 Å². The SMILES string of the molecule is CC(C)OC(=O)NC1CCC(=NOc2nc3oc(=O)cc(Cc4cccc(F)c4)c3c(=O)[nH]2)CC1. The second-order valence-corrected chi connectivity index (χ2v) is 8.57. The van der Waals surface area contributed by atoms with Gasteiger partial charge in [-0.2, -0.15) is 4.98 Å². The number of alkyl carbamates (subject to hydrolysis) is 1. The summed E-state index contributed by atoms with van der Waals surface area (Å²) in [7, 11) is 0. The molecule has 1 saturated carbocycles. The second-order valence-electron chi connectivity index (χ2n) is 8.57. The highest BCUT2D eigenvalue weighted by molar-refractivity contribution is 5.85. The lowest BCUT2D eigenvalue weighted by atomic mass is 9.94. The molecule has 1 aromatic carbocycles. The van der Waals surface area contributed by atoms with E-state index < -0.39 is 23.1 Å². The molecule has 0 bridgehead atoms. The summed E-state index contributed by atoms with van der Waals surface area (Å²) in [5.41, 5.74) is 0.225. The summed E-state index contributed by atoms with van der Waals surface area (Å²) < 4.78 is 23.7. The Morgan fingerprint density at radius 2 is 2.06 bits per heavy atom. The van der Waals surface area contributed by atoms with Gasteiger partial charge in [-0.25, -0.2) is 14.0 Å². The first-order chi connectivity index (χ1) is 16.8. The lowest BCUT2D eigenvalue weighted by molar-refractivity contribution is 0.111. The number of benzene rings is 1. The standard InChI is InChI=1S/C24H25FN4O6/c1-13(2)33-24(32)26-17-6-8-18(9-7-17)29-35-23-27-21(31)20-15(12-19(30)34-22(20)28-23)10-14-4-3-5-16(25)11-14/h3-5,11-13,17H,6-10H2,1-2H3,(H,26,32)(H,27,28,31). The van der Waals surface area contributed by atoms with Crippen LogP contribution in [0.1, 0.15) is 50.7 Å². The van der Waals surface area contributed by atoms with Gasteiger partial charge in [-0.15, -0.1) is 0 Å². The number of fused-ring (bicyclic) bond motifs is 1. The summed E-state index contributed by atoms with van der Waals surface area (Å²) in [6, 6.07) is 6.82. The normalized spacial score (nSPS) is 15.8. The third-order valence-electron chi connectivity index (χ3n) is 5.45. The van der Waals surface area contributed by atoms with Gasteiger partial charge in [-0.1, -0.05) is 17.3 Å². The van der Waals surface area contributed by atoms with Gasteiger partial charge in [-0.3, -0.25) is 9.78 Å². The van der Waals surface area contributed by atoms with Crippen LogP contribution in [0.5, 0.6) is 6.01 Å². The van der Waals surface area contributed by atoms with E-state index in [1.807, 2.05) is 0 Å². The molecule has 0 aliphatic heterocycles.